The number of allylic oxidation sites excluding steroid dienone is 2. The summed E-state index contributed by atoms with van der Waals surface area (Å²) in [5, 5.41) is 23.7. The van der Waals surface area contributed by atoms with Crippen molar-refractivity contribution < 1.29 is 27.8 Å². The van der Waals surface area contributed by atoms with Crippen molar-refractivity contribution in [3.05, 3.63) is 101 Å². The maximum absolute atomic E-state index is 14.7. The first-order valence-electron chi connectivity index (χ1n) is 11.7. The summed E-state index contributed by atoms with van der Waals surface area (Å²) < 4.78 is 55.6. The van der Waals surface area contributed by atoms with Crippen molar-refractivity contribution in [2.75, 3.05) is 13.2 Å². The van der Waals surface area contributed by atoms with Crippen LogP contribution in [0.15, 0.2) is 67.3 Å². The predicted octanol–water partition coefficient (Wildman–Crippen LogP) is 4.59. The van der Waals surface area contributed by atoms with Crippen molar-refractivity contribution in [1.82, 2.24) is 14.8 Å². The summed E-state index contributed by atoms with van der Waals surface area (Å²) >= 11 is 1.34. The zero-order chi connectivity index (χ0) is 27.1. The molecule has 3 aromatic rings. The highest BCUT2D eigenvalue weighted by molar-refractivity contribution is 8.00. The molecule has 0 radical (unpaired) electrons. The molecule has 2 atom stereocenters. The van der Waals surface area contributed by atoms with Crippen molar-refractivity contribution in [2.24, 2.45) is 0 Å². The summed E-state index contributed by atoms with van der Waals surface area (Å²) in [7, 11) is 0. The normalized spacial score (nSPS) is 20.4. The number of benzene rings is 2. The van der Waals surface area contributed by atoms with E-state index < -0.39 is 34.6 Å². The molecule has 1 aliphatic heterocycles. The van der Waals surface area contributed by atoms with Crippen LogP contribution in [0.25, 0.3) is 6.08 Å². The molecule has 0 spiro atoms. The van der Waals surface area contributed by atoms with E-state index in [-0.39, 0.29) is 22.9 Å². The second kappa shape index (κ2) is 12.4. The standard InChI is InChI=1S/C27H25F3N4O3S/c1-18(27(35,15-34-17-32-16-33-34)22-6-4-7-23(28)26(22)30)38-21-13-36-25(37-14-21)8-3-2-5-20-10-9-19(12-31)11-24(20)29/h2-11,16-18,21,25,35H,13-15H2,1H3/b5-2+,8-3+/t18-,21?,25?,27-/m1/s1. The number of thioether (sulfide) groups is 1. The van der Waals surface area contributed by atoms with Gasteiger partial charge in [0.1, 0.15) is 24.1 Å². The third-order valence-corrected chi connectivity index (χ3v) is 7.49. The number of nitrogens with zero attached hydrogens (tertiary/aromatic N) is 4. The van der Waals surface area contributed by atoms with Gasteiger partial charge < -0.3 is 14.6 Å². The Balaban J connectivity index is 1.36. The van der Waals surface area contributed by atoms with Gasteiger partial charge >= 0.3 is 0 Å². The lowest BCUT2D eigenvalue weighted by Crippen LogP contribution is -2.44. The lowest BCUT2D eigenvalue weighted by molar-refractivity contribution is -0.146. The van der Waals surface area contributed by atoms with Gasteiger partial charge in [0.2, 0.25) is 0 Å². The molecule has 38 heavy (non-hydrogen) atoms. The Morgan fingerprint density at radius 3 is 2.68 bits per heavy atom. The molecule has 0 bridgehead atoms. The van der Waals surface area contributed by atoms with E-state index >= 15 is 0 Å². The summed E-state index contributed by atoms with van der Waals surface area (Å²) in [6, 6.07) is 9.83. The number of aliphatic hydroxyl groups is 1. The average molecular weight is 543 g/mol. The molecule has 1 N–H and O–H groups in total. The number of halogens is 3. The van der Waals surface area contributed by atoms with Crippen molar-refractivity contribution in [3.8, 4) is 6.07 Å². The monoisotopic (exact) mass is 542 g/mol. The molecule has 2 aromatic carbocycles. The van der Waals surface area contributed by atoms with Crippen LogP contribution in [-0.4, -0.2) is 49.9 Å². The highest BCUT2D eigenvalue weighted by Crippen LogP contribution is 2.39. The number of aromatic nitrogens is 3. The van der Waals surface area contributed by atoms with Crippen LogP contribution in [-0.2, 0) is 21.6 Å². The van der Waals surface area contributed by atoms with Crippen LogP contribution >= 0.6 is 11.8 Å². The van der Waals surface area contributed by atoms with Crippen LogP contribution < -0.4 is 0 Å². The van der Waals surface area contributed by atoms with Gasteiger partial charge in [-0.05, 0) is 24.3 Å². The fraction of sp³-hybridized carbons (Fsp3) is 0.296. The van der Waals surface area contributed by atoms with Gasteiger partial charge in [0, 0.05) is 16.4 Å². The number of hydrogen-bond acceptors (Lipinski definition) is 7. The molecule has 1 saturated heterocycles. The first kappa shape index (κ1) is 27.6. The van der Waals surface area contributed by atoms with Crippen molar-refractivity contribution in [2.45, 2.75) is 35.9 Å². The Hall–Kier alpha value is -3.43. The van der Waals surface area contributed by atoms with Crippen molar-refractivity contribution in [1.29, 1.82) is 5.26 Å². The van der Waals surface area contributed by atoms with Crippen LogP contribution in [0.1, 0.15) is 23.6 Å². The lowest BCUT2D eigenvalue weighted by Gasteiger charge is -2.37. The number of nitriles is 1. The van der Waals surface area contributed by atoms with E-state index in [1.54, 1.807) is 31.2 Å². The van der Waals surface area contributed by atoms with Gasteiger partial charge in [0.05, 0.1) is 36.6 Å². The molecule has 198 valence electrons. The lowest BCUT2D eigenvalue weighted by atomic mass is 9.90. The fourth-order valence-electron chi connectivity index (χ4n) is 3.97. The molecule has 1 fully saturated rings. The smallest absolute Gasteiger partial charge is 0.177 e. The summed E-state index contributed by atoms with van der Waals surface area (Å²) in [6.45, 7) is 2.19. The van der Waals surface area contributed by atoms with E-state index in [4.69, 9.17) is 14.7 Å². The zero-order valence-corrected chi connectivity index (χ0v) is 21.2. The molecular weight excluding hydrogens is 517 g/mol. The van der Waals surface area contributed by atoms with Crippen LogP contribution in [0, 0.1) is 28.8 Å². The minimum absolute atomic E-state index is 0.131. The first-order valence-corrected chi connectivity index (χ1v) is 12.7. The minimum Gasteiger partial charge on any atom is -0.382 e. The zero-order valence-electron chi connectivity index (χ0n) is 20.4. The third kappa shape index (κ3) is 6.52. The first-order chi connectivity index (χ1) is 18.3. The van der Waals surface area contributed by atoms with Crippen LogP contribution in [0.2, 0.25) is 0 Å². The van der Waals surface area contributed by atoms with E-state index in [1.807, 2.05) is 6.07 Å². The van der Waals surface area contributed by atoms with Gasteiger partial charge in [-0.25, -0.2) is 22.8 Å². The Labute approximate surface area is 222 Å². The van der Waals surface area contributed by atoms with Crippen LogP contribution in [0.4, 0.5) is 13.2 Å². The minimum atomic E-state index is -1.80. The summed E-state index contributed by atoms with van der Waals surface area (Å²) in [5.41, 5.74) is -1.37. The molecule has 0 unspecified atom stereocenters. The van der Waals surface area contributed by atoms with E-state index in [9.17, 15) is 18.3 Å². The average Bonchev–Trinajstić information content (AvgIpc) is 3.42. The molecule has 2 heterocycles. The van der Waals surface area contributed by atoms with E-state index in [0.717, 1.165) is 6.07 Å². The largest absolute Gasteiger partial charge is 0.382 e. The van der Waals surface area contributed by atoms with Gasteiger partial charge in [-0.15, -0.1) is 11.8 Å². The van der Waals surface area contributed by atoms with Crippen molar-refractivity contribution in [3.63, 3.8) is 0 Å². The molecule has 0 saturated carbocycles. The molecular formula is C27H25F3N4O3S. The summed E-state index contributed by atoms with van der Waals surface area (Å²) in [4.78, 5) is 3.87. The Morgan fingerprint density at radius 1 is 1.21 bits per heavy atom. The summed E-state index contributed by atoms with van der Waals surface area (Å²) in [5.74, 6) is -2.65. The van der Waals surface area contributed by atoms with E-state index in [0.29, 0.717) is 18.8 Å². The molecule has 0 amide bonds. The predicted molar refractivity (Wildman–Crippen MR) is 136 cm³/mol. The maximum atomic E-state index is 14.7. The molecule has 0 aliphatic carbocycles. The summed E-state index contributed by atoms with van der Waals surface area (Å²) in [6.07, 6.45) is 8.62. The van der Waals surface area contributed by atoms with Crippen molar-refractivity contribution >= 4 is 17.8 Å². The fourth-order valence-corrected chi connectivity index (χ4v) is 5.29. The SMILES string of the molecule is C[C@@H](SC1COC(/C=C/C=C/c2ccc(C#N)cc2F)OC1)[C@](O)(Cn1cncn1)c1cccc(F)c1F. The second-order valence-electron chi connectivity index (χ2n) is 8.65. The van der Waals surface area contributed by atoms with Gasteiger partial charge in [0.25, 0.3) is 0 Å². The van der Waals surface area contributed by atoms with Gasteiger partial charge in [-0.2, -0.15) is 10.4 Å². The highest BCUT2D eigenvalue weighted by Gasteiger charge is 2.41. The molecule has 11 heteroatoms. The van der Waals surface area contributed by atoms with Gasteiger partial charge in [-0.1, -0.05) is 43.4 Å². The third-order valence-electron chi connectivity index (χ3n) is 6.03. The molecule has 1 aliphatic rings. The molecule has 7 nitrogen and oxygen atoms in total. The van der Waals surface area contributed by atoms with Crippen LogP contribution in [0.5, 0.6) is 0 Å². The quantitative estimate of drug-likeness (QED) is 0.396. The van der Waals surface area contributed by atoms with E-state index in [1.165, 1.54) is 59.4 Å². The number of rotatable bonds is 9. The molecule has 1 aromatic heterocycles. The number of hydrogen-bond donors (Lipinski definition) is 1. The van der Waals surface area contributed by atoms with Gasteiger partial charge in [0.15, 0.2) is 17.9 Å². The Kier molecular flexibility index (Phi) is 9.01. The van der Waals surface area contributed by atoms with E-state index in [2.05, 4.69) is 10.1 Å². The Morgan fingerprint density at radius 2 is 2.00 bits per heavy atom. The number of ether oxygens (including phenoxy) is 2. The highest BCUT2D eigenvalue weighted by atomic mass is 32.2. The Bertz CT molecular complexity index is 1340. The topological polar surface area (TPSA) is 93.2 Å². The second-order valence-corrected chi connectivity index (χ2v) is 10.3. The maximum Gasteiger partial charge on any atom is 0.177 e. The van der Waals surface area contributed by atoms with Crippen LogP contribution in [0.3, 0.4) is 0 Å². The van der Waals surface area contributed by atoms with Gasteiger partial charge in [-0.3, -0.25) is 0 Å². The molecule has 4 rings (SSSR count).